The molecule has 0 amide bonds. The van der Waals surface area contributed by atoms with E-state index in [1.165, 1.54) is 0 Å². The fraction of sp³-hybridized carbons (Fsp3) is 0.273. The number of hydrogen-bond acceptors (Lipinski definition) is 7. The smallest absolute Gasteiger partial charge is 0.239 e. The fourth-order valence-electron chi connectivity index (χ4n) is 1.55. The Labute approximate surface area is 112 Å². The van der Waals surface area contributed by atoms with Crippen LogP contribution >= 0.6 is 23.1 Å². The summed E-state index contributed by atoms with van der Waals surface area (Å²) in [6, 6.07) is 1.99. The SMILES string of the molecule is Cc1noc(C(C)Sc2ncnc3ccsc23)n1. The molecule has 0 aliphatic heterocycles. The average Bonchev–Trinajstić information content (AvgIpc) is 2.97. The van der Waals surface area contributed by atoms with E-state index in [0.717, 1.165) is 15.2 Å². The Hall–Kier alpha value is -1.47. The first-order chi connectivity index (χ1) is 8.74. The molecule has 0 saturated heterocycles. The summed E-state index contributed by atoms with van der Waals surface area (Å²) in [5.41, 5.74) is 0.978. The van der Waals surface area contributed by atoms with Crippen LogP contribution in [0, 0.1) is 6.92 Å². The summed E-state index contributed by atoms with van der Waals surface area (Å²) in [5, 5.41) is 6.85. The van der Waals surface area contributed by atoms with Crippen molar-refractivity contribution in [1.82, 2.24) is 20.1 Å². The van der Waals surface area contributed by atoms with E-state index in [9.17, 15) is 0 Å². The number of nitrogens with zero attached hydrogens (tertiary/aromatic N) is 4. The van der Waals surface area contributed by atoms with Gasteiger partial charge in [-0.1, -0.05) is 16.9 Å². The van der Waals surface area contributed by atoms with Gasteiger partial charge in [0, 0.05) is 0 Å². The minimum atomic E-state index is 0.0754. The Morgan fingerprint density at radius 2 is 2.28 bits per heavy atom. The standard InChI is InChI=1S/C11H10N4OS2/c1-6(10-14-7(2)15-16-10)18-11-9-8(3-4-17-9)12-5-13-11/h3-6H,1-2H3. The lowest BCUT2D eigenvalue weighted by Crippen LogP contribution is -1.91. The van der Waals surface area contributed by atoms with Gasteiger partial charge in [0.1, 0.15) is 11.4 Å². The van der Waals surface area contributed by atoms with Crippen LogP contribution in [0.25, 0.3) is 10.2 Å². The normalized spacial score (nSPS) is 13.0. The van der Waals surface area contributed by atoms with Gasteiger partial charge in [0.15, 0.2) is 5.82 Å². The highest BCUT2D eigenvalue weighted by atomic mass is 32.2. The van der Waals surface area contributed by atoms with Crippen LogP contribution in [-0.2, 0) is 0 Å². The maximum atomic E-state index is 5.17. The number of rotatable bonds is 3. The largest absolute Gasteiger partial charge is 0.338 e. The van der Waals surface area contributed by atoms with E-state index >= 15 is 0 Å². The van der Waals surface area contributed by atoms with Gasteiger partial charge < -0.3 is 4.52 Å². The van der Waals surface area contributed by atoms with Crippen LogP contribution in [0.3, 0.4) is 0 Å². The molecule has 0 fully saturated rings. The Morgan fingerprint density at radius 1 is 1.39 bits per heavy atom. The van der Waals surface area contributed by atoms with Gasteiger partial charge in [-0.3, -0.25) is 0 Å². The third-order valence-corrected chi connectivity index (χ3v) is 4.52. The zero-order valence-corrected chi connectivity index (χ0v) is 11.5. The van der Waals surface area contributed by atoms with Crippen molar-refractivity contribution in [2.24, 2.45) is 0 Å². The molecule has 0 bridgehead atoms. The van der Waals surface area contributed by atoms with Crippen LogP contribution in [0.5, 0.6) is 0 Å². The Bertz CT molecular complexity index is 678. The quantitative estimate of drug-likeness (QED) is 0.541. The van der Waals surface area contributed by atoms with Gasteiger partial charge in [0.05, 0.1) is 15.5 Å². The molecule has 3 heterocycles. The molecule has 0 aromatic carbocycles. The summed E-state index contributed by atoms with van der Waals surface area (Å²) in [4.78, 5) is 12.8. The van der Waals surface area contributed by atoms with Crippen molar-refractivity contribution in [3.8, 4) is 0 Å². The van der Waals surface area contributed by atoms with Gasteiger partial charge in [-0.05, 0) is 25.3 Å². The molecule has 0 saturated carbocycles. The van der Waals surface area contributed by atoms with Crippen LogP contribution in [0.2, 0.25) is 0 Å². The fourth-order valence-corrected chi connectivity index (χ4v) is 3.41. The minimum Gasteiger partial charge on any atom is -0.338 e. The van der Waals surface area contributed by atoms with E-state index in [2.05, 4.69) is 20.1 Å². The molecule has 1 unspecified atom stereocenters. The molecular weight excluding hydrogens is 268 g/mol. The third-order valence-electron chi connectivity index (χ3n) is 2.39. The summed E-state index contributed by atoms with van der Waals surface area (Å²) < 4.78 is 6.27. The first-order valence-corrected chi connectivity index (χ1v) is 7.15. The van der Waals surface area contributed by atoms with Crippen molar-refractivity contribution in [2.75, 3.05) is 0 Å². The minimum absolute atomic E-state index is 0.0754. The molecule has 18 heavy (non-hydrogen) atoms. The number of aromatic nitrogens is 4. The molecule has 3 rings (SSSR count). The molecule has 7 heteroatoms. The van der Waals surface area contributed by atoms with Crippen LogP contribution in [0.15, 0.2) is 27.3 Å². The summed E-state index contributed by atoms with van der Waals surface area (Å²) in [6.07, 6.45) is 1.59. The molecule has 1 atom stereocenters. The highest BCUT2D eigenvalue weighted by Crippen LogP contribution is 2.37. The number of thioether (sulfide) groups is 1. The summed E-state index contributed by atoms with van der Waals surface area (Å²) >= 11 is 3.25. The van der Waals surface area contributed by atoms with Crippen molar-refractivity contribution in [1.29, 1.82) is 0 Å². The zero-order chi connectivity index (χ0) is 12.5. The van der Waals surface area contributed by atoms with Crippen molar-refractivity contribution in [3.05, 3.63) is 29.5 Å². The topological polar surface area (TPSA) is 64.7 Å². The lowest BCUT2D eigenvalue weighted by atomic mass is 10.5. The van der Waals surface area contributed by atoms with E-state index in [1.807, 2.05) is 25.3 Å². The van der Waals surface area contributed by atoms with Gasteiger partial charge in [-0.2, -0.15) is 4.98 Å². The van der Waals surface area contributed by atoms with Crippen molar-refractivity contribution >= 4 is 33.3 Å². The van der Waals surface area contributed by atoms with Gasteiger partial charge in [0.25, 0.3) is 0 Å². The lowest BCUT2D eigenvalue weighted by molar-refractivity contribution is 0.376. The average molecular weight is 278 g/mol. The first-order valence-electron chi connectivity index (χ1n) is 5.39. The Balaban J connectivity index is 1.90. The van der Waals surface area contributed by atoms with Crippen LogP contribution in [0.1, 0.15) is 23.9 Å². The number of fused-ring (bicyclic) bond motifs is 1. The lowest BCUT2D eigenvalue weighted by Gasteiger charge is -2.05. The maximum Gasteiger partial charge on any atom is 0.239 e. The molecule has 0 radical (unpaired) electrons. The monoisotopic (exact) mass is 278 g/mol. The third kappa shape index (κ3) is 2.11. The molecular formula is C11H10N4OS2. The van der Waals surface area contributed by atoms with Crippen molar-refractivity contribution in [3.63, 3.8) is 0 Å². The van der Waals surface area contributed by atoms with Crippen molar-refractivity contribution in [2.45, 2.75) is 24.1 Å². The van der Waals surface area contributed by atoms with Gasteiger partial charge >= 0.3 is 0 Å². The van der Waals surface area contributed by atoms with Crippen molar-refractivity contribution < 1.29 is 4.52 Å². The molecule has 0 aliphatic carbocycles. The van der Waals surface area contributed by atoms with Gasteiger partial charge in [-0.25, -0.2) is 9.97 Å². The molecule has 0 N–H and O–H groups in total. The molecule has 5 nitrogen and oxygen atoms in total. The van der Waals surface area contributed by atoms with E-state index in [0.29, 0.717) is 11.7 Å². The Kier molecular flexibility index (Phi) is 3.00. The summed E-state index contributed by atoms with van der Waals surface area (Å²) in [7, 11) is 0. The number of hydrogen-bond donors (Lipinski definition) is 0. The van der Waals surface area contributed by atoms with Crippen LogP contribution < -0.4 is 0 Å². The second kappa shape index (κ2) is 4.66. The van der Waals surface area contributed by atoms with E-state index < -0.39 is 0 Å². The molecule has 0 aliphatic rings. The highest BCUT2D eigenvalue weighted by molar-refractivity contribution is 7.99. The molecule has 3 aromatic rings. The molecule has 0 spiro atoms. The second-order valence-corrected chi connectivity index (χ2v) is 6.00. The number of thiophene rings is 1. The summed E-state index contributed by atoms with van der Waals surface area (Å²) in [5.74, 6) is 1.28. The van der Waals surface area contributed by atoms with E-state index in [-0.39, 0.29) is 5.25 Å². The molecule has 92 valence electrons. The van der Waals surface area contributed by atoms with E-state index in [4.69, 9.17) is 4.52 Å². The predicted octanol–water partition coefficient (Wildman–Crippen LogP) is 3.24. The molecule has 3 aromatic heterocycles. The van der Waals surface area contributed by atoms with Gasteiger partial charge in [0.2, 0.25) is 5.89 Å². The summed E-state index contributed by atoms with van der Waals surface area (Å²) in [6.45, 7) is 3.84. The zero-order valence-electron chi connectivity index (χ0n) is 9.82. The van der Waals surface area contributed by atoms with E-state index in [1.54, 1.807) is 29.4 Å². The van der Waals surface area contributed by atoms with Crippen LogP contribution in [0.4, 0.5) is 0 Å². The number of aryl methyl sites for hydroxylation is 1. The Morgan fingerprint density at radius 3 is 3.06 bits per heavy atom. The van der Waals surface area contributed by atoms with Gasteiger partial charge in [-0.15, -0.1) is 11.3 Å². The second-order valence-electron chi connectivity index (χ2n) is 3.75. The highest BCUT2D eigenvalue weighted by Gasteiger charge is 2.17. The predicted molar refractivity (Wildman–Crippen MR) is 70.7 cm³/mol. The van der Waals surface area contributed by atoms with Crippen LogP contribution in [-0.4, -0.2) is 20.1 Å². The first kappa shape index (κ1) is 11.6. The maximum absolute atomic E-state index is 5.17.